The predicted octanol–water partition coefficient (Wildman–Crippen LogP) is -0.0294. The van der Waals surface area contributed by atoms with Gasteiger partial charge in [0.15, 0.2) is 0 Å². The van der Waals surface area contributed by atoms with E-state index in [0.29, 0.717) is 12.3 Å². The molecule has 0 bridgehead atoms. The van der Waals surface area contributed by atoms with Crippen LogP contribution in [0.25, 0.3) is 0 Å². The third-order valence-corrected chi connectivity index (χ3v) is 0.903. The predicted molar refractivity (Wildman–Crippen MR) is 29.7 cm³/mol. The summed E-state index contributed by atoms with van der Waals surface area (Å²) in [4.78, 5) is 10.2. The van der Waals surface area contributed by atoms with E-state index >= 15 is 0 Å². The molecule has 0 radical (unpaired) electrons. The summed E-state index contributed by atoms with van der Waals surface area (Å²) in [5, 5.41) is 2.92. The molecule has 0 atom stereocenters. The van der Waals surface area contributed by atoms with Crippen molar-refractivity contribution in [1.29, 1.82) is 0 Å². The molecule has 1 N–H and O–H groups in total. The number of nitrogens with one attached hydrogen (secondary N) is 1. The normalized spacial score (nSPS) is 19.1. The first-order valence-corrected chi connectivity index (χ1v) is 2.12. The first kappa shape index (κ1) is 6.92. The molecule has 1 fully saturated rings. The van der Waals surface area contributed by atoms with Crippen LogP contribution in [0.2, 0.25) is 0 Å². The molecule has 3 heteroatoms. The van der Waals surface area contributed by atoms with Gasteiger partial charge in [-0.1, -0.05) is 0 Å². The van der Waals surface area contributed by atoms with E-state index < -0.39 is 0 Å². The van der Waals surface area contributed by atoms with E-state index in [1.54, 1.807) is 0 Å². The van der Waals surface area contributed by atoms with Crippen LogP contribution in [0.15, 0.2) is 0 Å². The average Bonchev–Trinajstić information content (AvgIpc) is 1.86. The Morgan fingerprint density at radius 3 is 2.43 bits per heavy atom. The maximum absolute atomic E-state index is 10.2. The SMILES string of the molecule is Cl.O=C1CCNC1. The van der Waals surface area contributed by atoms with Crippen molar-refractivity contribution in [3.63, 3.8) is 0 Å². The molecule has 0 aromatic rings. The van der Waals surface area contributed by atoms with Gasteiger partial charge in [-0.3, -0.25) is 4.79 Å². The third-order valence-electron chi connectivity index (χ3n) is 0.903. The van der Waals surface area contributed by atoms with Gasteiger partial charge in [-0.25, -0.2) is 0 Å². The van der Waals surface area contributed by atoms with Gasteiger partial charge in [0, 0.05) is 13.0 Å². The van der Waals surface area contributed by atoms with Crippen molar-refractivity contribution in [3.05, 3.63) is 0 Å². The lowest BCUT2D eigenvalue weighted by molar-refractivity contribution is -0.116. The Kier molecular flexibility index (Phi) is 2.96. The Labute approximate surface area is 48.7 Å². The third kappa shape index (κ3) is 1.90. The lowest BCUT2D eigenvalue weighted by Gasteiger charge is -1.75. The van der Waals surface area contributed by atoms with Crippen LogP contribution in [0, 0.1) is 0 Å². The van der Waals surface area contributed by atoms with E-state index in [1.807, 2.05) is 0 Å². The zero-order valence-corrected chi connectivity index (χ0v) is 4.75. The van der Waals surface area contributed by atoms with Crippen LogP contribution in [0.4, 0.5) is 0 Å². The molecule has 42 valence electrons. The van der Waals surface area contributed by atoms with Crippen molar-refractivity contribution in [2.45, 2.75) is 6.42 Å². The zero-order valence-electron chi connectivity index (χ0n) is 3.94. The largest absolute Gasteiger partial charge is 0.310 e. The van der Waals surface area contributed by atoms with E-state index in [2.05, 4.69) is 5.32 Å². The van der Waals surface area contributed by atoms with Gasteiger partial charge in [-0.15, -0.1) is 12.4 Å². The molecule has 1 saturated heterocycles. The fourth-order valence-electron chi connectivity index (χ4n) is 0.544. The van der Waals surface area contributed by atoms with Crippen molar-refractivity contribution in [1.82, 2.24) is 5.32 Å². The maximum Gasteiger partial charge on any atom is 0.147 e. The number of Topliss-reactive ketones (excluding diaryl/α,β-unsaturated/α-hetero) is 1. The number of carbonyl (C=O) groups excluding carboxylic acids is 1. The fraction of sp³-hybridized carbons (Fsp3) is 0.750. The van der Waals surface area contributed by atoms with Crippen molar-refractivity contribution in [2.24, 2.45) is 0 Å². The quantitative estimate of drug-likeness (QED) is 0.488. The van der Waals surface area contributed by atoms with Gasteiger partial charge in [0.1, 0.15) is 5.78 Å². The number of rotatable bonds is 0. The molecule has 0 spiro atoms. The number of carbonyl (C=O) groups is 1. The van der Waals surface area contributed by atoms with Gasteiger partial charge in [-0.05, 0) is 0 Å². The number of hydrogen-bond donors (Lipinski definition) is 1. The second-order valence-electron chi connectivity index (χ2n) is 1.47. The minimum atomic E-state index is 0. The molecular formula is C4H8ClNO. The highest BCUT2D eigenvalue weighted by atomic mass is 35.5. The van der Waals surface area contributed by atoms with Crippen LogP contribution in [0.3, 0.4) is 0 Å². The summed E-state index contributed by atoms with van der Waals surface area (Å²) in [7, 11) is 0. The average molecular weight is 122 g/mol. The molecule has 7 heavy (non-hydrogen) atoms. The Bertz CT molecular complexity index is 66.1. The minimum Gasteiger partial charge on any atom is -0.310 e. The number of hydrogen-bond acceptors (Lipinski definition) is 2. The van der Waals surface area contributed by atoms with Crippen LogP contribution in [0.1, 0.15) is 6.42 Å². The Balaban J connectivity index is 0.000000360. The standard InChI is InChI=1S/C4H7NO.ClH/c6-4-1-2-5-3-4;/h5H,1-3H2;1H. The minimum absolute atomic E-state index is 0. The van der Waals surface area contributed by atoms with Crippen molar-refractivity contribution in [2.75, 3.05) is 13.1 Å². The van der Waals surface area contributed by atoms with Crippen molar-refractivity contribution in [3.8, 4) is 0 Å². The molecular weight excluding hydrogens is 114 g/mol. The summed E-state index contributed by atoms with van der Waals surface area (Å²) >= 11 is 0. The fourth-order valence-corrected chi connectivity index (χ4v) is 0.544. The van der Waals surface area contributed by atoms with E-state index in [1.165, 1.54) is 0 Å². The number of ketones is 1. The summed E-state index contributed by atoms with van der Waals surface area (Å²) in [5.74, 6) is 0.343. The van der Waals surface area contributed by atoms with Crippen LogP contribution >= 0.6 is 12.4 Å². The van der Waals surface area contributed by atoms with E-state index in [4.69, 9.17) is 0 Å². The molecule has 0 unspecified atom stereocenters. The van der Waals surface area contributed by atoms with Gasteiger partial charge in [-0.2, -0.15) is 0 Å². The Hall–Kier alpha value is -0.0800. The smallest absolute Gasteiger partial charge is 0.147 e. The topological polar surface area (TPSA) is 29.1 Å². The van der Waals surface area contributed by atoms with Gasteiger partial charge in [0.25, 0.3) is 0 Å². The summed E-state index contributed by atoms with van der Waals surface area (Å²) in [6, 6.07) is 0. The Morgan fingerprint density at radius 1 is 1.57 bits per heavy atom. The van der Waals surface area contributed by atoms with E-state index in [-0.39, 0.29) is 12.4 Å². The first-order chi connectivity index (χ1) is 2.89. The second kappa shape index (κ2) is 2.99. The highest BCUT2D eigenvalue weighted by molar-refractivity contribution is 5.85. The van der Waals surface area contributed by atoms with Gasteiger partial charge < -0.3 is 5.32 Å². The van der Waals surface area contributed by atoms with Crippen molar-refractivity contribution < 1.29 is 4.79 Å². The van der Waals surface area contributed by atoms with Crippen LogP contribution in [0.5, 0.6) is 0 Å². The first-order valence-electron chi connectivity index (χ1n) is 2.12. The molecule has 1 heterocycles. The maximum atomic E-state index is 10.2. The lowest BCUT2D eigenvalue weighted by Crippen LogP contribution is -2.07. The van der Waals surface area contributed by atoms with Gasteiger partial charge in [0.05, 0.1) is 6.54 Å². The highest BCUT2D eigenvalue weighted by Crippen LogP contribution is 1.85. The molecule has 0 aromatic carbocycles. The van der Waals surface area contributed by atoms with E-state index in [9.17, 15) is 4.79 Å². The molecule has 0 aliphatic carbocycles. The van der Waals surface area contributed by atoms with Crippen LogP contribution in [-0.4, -0.2) is 18.9 Å². The summed E-state index contributed by atoms with van der Waals surface area (Å²) in [5.41, 5.74) is 0. The molecule has 1 aliphatic heterocycles. The molecule has 1 aliphatic rings. The molecule has 0 saturated carbocycles. The monoisotopic (exact) mass is 121 g/mol. The lowest BCUT2D eigenvalue weighted by atomic mass is 10.4. The highest BCUT2D eigenvalue weighted by Gasteiger charge is 2.06. The van der Waals surface area contributed by atoms with Crippen molar-refractivity contribution >= 4 is 18.2 Å². The second-order valence-corrected chi connectivity index (χ2v) is 1.47. The summed E-state index contributed by atoms with van der Waals surface area (Å²) in [6.45, 7) is 1.48. The molecule has 1 rings (SSSR count). The zero-order chi connectivity index (χ0) is 4.41. The van der Waals surface area contributed by atoms with E-state index in [0.717, 1.165) is 13.0 Å². The number of halogens is 1. The molecule has 0 aromatic heterocycles. The Morgan fingerprint density at radius 2 is 2.29 bits per heavy atom. The molecule has 2 nitrogen and oxygen atoms in total. The van der Waals surface area contributed by atoms with Gasteiger partial charge >= 0.3 is 0 Å². The van der Waals surface area contributed by atoms with Crippen LogP contribution in [-0.2, 0) is 4.79 Å². The summed E-state index contributed by atoms with van der Waals surface area (Å²) in [6.07, 6.45) is 0.736. The summed E-state index contributed by atoms with van der Waals surface area (Å²) < 4.78 is 0. The van der Waals surface area contributed by atoms with Gasteiger partial charge in [0.2, 0.25) is 0 Å². The van der Waals surface area contributed by atoms with Crippen LogP contribution < -0.4 is 5.32 Å². The molecule has 0 amide bonds.